The van der Waals surface area contributed by atoms with Crippen LogP contribution in [0, 0.1) is 28.4 Å². The molecule has 130 valence electrons. The Hall–Kier alpha value is -2.95. The Bertz CT molecular complexity index is 844. The first-order chi connectivity index (χ1) is 10.9. The molecule has 0 aliphatic heterocycles. The summed E-state index contributed by atoms with van der Waals surface area (Å²) in [6.45, 7) is 0. The van der Waals surface area contributed by atoms with E-state index in [0.717, 1.165) is 0 Å². The molecule has 4 N–H and O–H groups in total. The van der Waals surface area contributed by atoms with Gasteiger partial charge in [-0.2, -0.15) is 32.0 Å². The number of hydrogen-bond acceptors (Lipinski definition) is 7. The van der Waals surface area contributed by atoms with E-state index in [0.29, 0.717) is 0 Å². The lowest BCUT2D eigenvalue weighted by atomic mass is 10.3. The molecule has 0 unspecified atom stereocenters. The summed E-state index contributed by atoms with van der Waals surface area (Å²) in [6, 6.07) is 1.60. The molecular formula is C10H6F5N5O3S. The molecule has 24 heavy (non-hydrogen) atoms. The molecule has 0 atom stereocenters. The van der Waals surface area contributed by atoms with E-state index in [2.05, 4.69) is 9.28 Å². The third-order valence-electron chi connectivity index (χ3n) is 2.15. The van der Waals surface area contributed by atoms with Crippen molar-refractivity contribution in [2.24, 2.45) is 10.8 Å². The minimum atomic E-state index is -6.18. The number of nitrogens with two attached hydrogens (primary N) is 1. The molecule has 0 aliphatic carbocycles. The molecule has 0 bridgehead atoms. The third kappa shape index (κ3) is 4.29. The average molecular weight is 371 g/mol. The van der Waals surface area contributed by atoms with E-state index in [4.69, 9.17) is 16.4 Å². The first-order valence-corrected chi connectivity index (χ1v) is 6.88. The zero-order valence-electron chi connectivity index (χ0n) is 11.1. The van der Waals surface area contributed by atoms with Gasteiger partial charge in [-0.05, 0) is 0 Å². The average Bonchev–Trinajstić information content (AvgIpc) is 2.42. The fourth-order valence-electron chi connectivity index (χ4n) is 1.11. The molecule has 0 spiro atoms. The number of nitriles is 1. The van der Waals surface area contributed by atoms with Gasteiger partial charge >= 0.3 is 15.6 Å². The monoisotopic (exact) mass is 371 g/mol. The molecule has 0 amide bonds. The minimum Gasteiger partial charge on any atom is -0.382 e. The van der Waals surface area contributed by atoms with Gasteiger partial charge in [-0.25, -0.2) is 8.78 Å². The maximum Gasteiger partial charge on any atom is 0.534 e. The molecule has 14 heteroatoms. The minimum absolute atomic E-state index is 0.0267. The molecule has 1 aromatic carbocycles. The lowest BCUT2D eigenvalue weighted by Crippen LogP contribution is -2.28. The van der Waals surface area contributed by atoms with Crippen molar-refractivity contribution in [2.45, 2.75) is 5.51 Å². The number of anilines is 1. The van der Waals surface area contributed by atoms with Gasteiger partial charge < -0.3 is 9.92 Å². The predicted octanol–water partition coefficient (Wildman–Crippen LogP) is 1.42. The van der Waals surface area contributed by atoms with Gasteiger partial charge in [-0.1, -0.05) is 0 Å². The second-order valence-electron chi connectivity index (χ2n) is 3.84. The molecule has 0 aromatic heterocycles. The van der Waals surface area contributed by atoms with Crippen LogP contribution in [0.15, 0.2) is 17.2 Å². The summed E-state index contributed by atoms with van der Waals surface area (Å²) in [4.78, 5) is 0. The van der Waals surface area contributed by atoms with E-state index in [1.54, 1.807) is 5.43 Å². The number of halogens is 5. The van der Waals surface area contributed by atoms with E-state index in [-0.39, 0.29) is 12.1 Å². The van der Waals surface area contributed by atoms with E-state index in [1.165, 1.54) is 6.07 Å². The second-order valence-corrected chi connectivity index (χ2v) is 5.38. The second kappa shape index (κ2) is 6.66. The number of rotatable bonds is 5. The molecule has 0 fully saturated rings. The van der Waals surface area contributed by atoms with Crippen molar-refractivity contribution < 1.29 is 34.6 Å². The summed E-state index contributed by atoms with van der Waals surface area (Å²) in [6.07, 6.45) is 0. The highest BCUT2D eigenvalue weighted by Crippen LogP contribution is 2.31. The van der Waals surface area contributed by atoms with Crippen molar-refractivity contribution in [3.05, 3.63) is 23.8 Å². The van der Waals surface area contributed by atoms with Crippen molar-refractivity contribution >= 4 is 27.4 Å². The number of hydrazone groups is 1. The Morgan fingerprint density at radius 3 is 2.38 bits per heavy atom. The van der Waals surface area contributed by atoms with Crippen molar-refractivity contribution in [3.8, 4) is 11.8 Å². The molecule has 1 aromatic rings. The largest absolute Gasteiger partial charge is 0.534 e. The van der Waals surface area contributed by atoms with Crippen molar-refractivity contribution in [3.63, 3.8) is 0 Å². The van der Waals surface area contributed by atoms with Crippen LogP contribution in [0.25, 0.3) is 0 Å². The first-order valence-electron chi connectivity index (χ1n) is 5.47. The normalized spacial score (nSPS) is 12.4. The quantitative estimate of drug-likeness (QED) is 0.178. The number of nitrogens with zero attached hydrogens (tertiary/aromatic N) is 2. The maximum atomic E-state index is 13.5. The Kier molecular flexibility index (Phi) is 5.30. The molecular weight excluding hydrogens is 365 g/mol. The van der Waals surface area contributed by atoms with Crippen LogP contribution in [0.2, 0.25) is 0 Å². The van der Waals surface area contributed by atoms with E-state index >= 15 is 0 Å². The van der Waals surface area contributed by atoms with Gasteiger partial charge in [0.25, 0.3) is 0 Å². The Labute approximate surface area is 130 Å². The van der Waals surface area contributed by atoms with Gasteiger partial charge in [0.05, 0.1) is 5.69 Å². The molecule has 0 heterocycles. The van der Waals surface area contributed by atoms with E-state index < -0.39 is 50.2 Å². The summed E-state index contributed by atoms with van der Waals surface area (Å²) in [7, 11) is -6.18. The molecule has 8 nitrogen and oxygen atoms in total. The topological polar surface area (TPSA) is 141 Å². The van der Waals surface area contributed by atoms with Gasteiger partial charge in [0.2, 0.25) is 5.71 Å². The van der Waals surface area contributed by atoms with Crippen molar-refractivity contribution in [2.75, 3.05) is 5.43 Å². The lowest BCUT2D eigenvalue weighted by Gasteiger charge is -2.11. The molecule has 0 saturated carbocycles. The molecule has 0 saturated heterocycles. The molecule has 0 aliphatic rings. The third-order valence-corrected chi connectivity index (χ3v) is 3.12. The van der Waals surface area contributed by atoms with Gasteiger partial charge in [0.1, 0.15) is 6.07 Å². The van der Waals surface area contributed by atoms with Gasteiger partial charge in [0, 0.05) is 12.1 Å². The standard InChI is InChI=1S/C10H6F5N5O3S/c11-4-1-5(12)8(23-24(21,22)10(13,14)15)2-6(4)19-20-7(3-16)9(17)18/h1-2,19H,(H3,17,18)/b20-7+. The number of amidine groups is 1. The smallest absolute Gasteiger partial charge is 0.382 e. The van der Waals surface area contributed by atoms with Crippen LogP contribution in [0.1, 0.15) is 0 Å². The van der Waals surface area contributed by atoms with Gasteiger partial charge in [-0.3, -0.25) is 10.8 Å². The van der Waals surface area contributed by atoms with Crippen LogP contribution in [0.5, 0.6) is 5.75 Å². The zero-order chi connectivity index (χ0) is 18.7. The summed E-state index contributed by atoms with van der Waals surface area (Å²) in [5, 5.41) is 18.7. The summed E-state index contributed by atoms with van der Waals surface area (Å²) < 4.78 is 88.7. The first kappa shape index (κ1) is 19.1. The number of alkyl halides is 3. The summed E-state index contributed by atoms with van der Waals surface area (Å²) >= 11 is 0. The van der Waals surface area contributed by atoms with Crippen LogP contribution < -0.4 is 15.3 Å². The predicted molar refractivity (Wildman–Crippen MR) is 70.5 cm³/mol. The van der Waals surface area contributed by atoms with Crippen LogP contribution in [-0.4, -0.2) is 25.5 Å². The Balaban J connectivity index is 3.24. The lowest BCUT2D eigenvalue weighted by molar-refractivity contribution is -0.0500. The highest BCUT2D eigenvalue weighted by molar-refractivity contribution is 7.88. The van der Waals surface area contributed by atoms with Crippen LogP contribution in [0.3, 0.4) is 0 Å². The van der Waals surface area contributed by atoms with E-state index in [1.807, 2.05) is 0 Å². The van der Waals surface area contributed by atoms with Crippen molar-refractivity contribution in [1.29, 1.82) is 10.7 Å². The number of hydrogen-bond donors (Lipinski definition) is 3. The zero-order valence-corrected chi connectivity index (χ0v) is 12.0. The van der Waals surface area contributed by atoms with Gasteiger partial charge in [0.15, 0.2) is 23.2 Å². The molecule has 1 rings (SSSR count). The Morgan fingerprint density at radius 1 is 1.33 bits per heavy atom. The number of benzene rings is 1. The van der Waals surface area contributed by atoms with Crippen molar-refractivity contribution in [1.82, 2.24) is 0 Å². The van der Waals surface area contributed by atoms with Crippen LogP contribution in [0.4, 0.5) is 27.6 Å². The number of nitrogens with one attached hydrogen (secondary N) is 2. The SMILES string of the molecule is N#C/C(=N\Nc1cc(OS(=O)(=O)C(F)(F)F)c(F)cc1F)C(=N)N. The fourth-order valence-corrected chi connectivity index (χ4v) is 1.56. The van der Waals surface area contributed by atoms with Crippen LogP contribution >= 0.6 is 0 Å². The Morgan fingerprint density at radius 2 is 1.92 bits per heavy atom. The van der Waals surface area contributed by atoms with Crippen LogP contribution in [-0.2, 0) is 10.1 Å². The fraction of sp³-hybridized carbons (Fsp3) is 0.100. The van der Waals surface area contributed by atoms with E-state index in [9.17, 15) is 30.4 Å². The molecule has 0 radical (unpaired) electrons. The summed E-state index contributed by atoms with van der Waals surface area (Å²) in [5.41, 5.74) is -0.659. The summed E-state index contributed by atoms with van der Waals surface area (Å²) in [5.74, 6) is -5.41. The highest BCUT2D eigenvalue weighted by atomic mass is 32.2. The van der Waals surface area contributed by atoms with Gasteiger partial charge in [-0.15, -0.1) is 0 Å². The maximum absolute atomic E-state index is 13.5. The highest BCUT2D eigenvalue weighted by Gasteiger charge is 2.49.